The molecule has 1 N–H and O–H groups in total. The fourth-order valence-corrected chi connectivity index (χ4v) is 3.28. The monoisotopic (exact) mass is 264 g/mol. The van der Waals surface area contributed by atoms with Gasteiger partial charge in [0, 0.05) is 6.04 Å². The minimum Gasteiger partial charge on any atom is -0.342 e. The summed E-state index contributed by atoms with van der Waals surface area (Å²) in [5.41, 5.74) is -0.219. The Morgan fingerprint density at radius 1 is 1.11 bits per heavy atom. The van der Waals surface area contributed by atoms with E-state index in [9.17, 15) is 9.59 Å². The maximum atomic E-state index is 12.7. The van der Waals surface area contributed by atoms with Crippen LogP contribution in [0, 0.1) is 17.3 Å². The van der Waals surface area contributed by atoms with Crippen LogP contribution in [0.4, 0.5) is 0 Å². The Bertz CT molecular complexity index is 393. The average Bonchev–Trinajstić information content (AvgIpc) is 3.13. The molecule has 2 aliphatic carbocycles. The number of nitrogens with one attached hydrogen (secondary N) is 1. The minimum absolute atomic E-state index is 0.00539. The fraction of sp³-hybridized carbons (Fsp3) is 0.867. The van der Waals surface area contributed by atoms with Crippen LogP contribution in [0.3, 0.4) is 0 Å². The van der Waals surface area contributed by atoms with Gasteiger partial charge >= 0.3 is 0 Å². The maximum Gasteiger partial charge on any atom is 0.246 e. The van der Waals surface area contributed by atoms with Gasteiger partial charge < -0.3 is 10.2 Å². The van der Waals surface area contributed by atoms with Crippen molar-refractivity contribution in [3.63, 3.8) is 0 Å². The minimum atomic E-state index is -0.367. The van der Waals surface area contributed by atoms with Crippen LogP contribution in [0.25, 0.3) is 0 Å². The van der Waals surface area contributed by atoms with Gasteiger partial charge in [0.1, 0.15) is 6.04 Å². The number of piperazine rings is 1. The van der Waals surface area contributed by atoms with E-state index in [1.165, 1.54) is 25.7 Å². The second kappa shape index (κ2) is 4.22. The molecule has 0 spiro atoms. The highest BCUT2D eigenvalue weighted by molar-refractivity contribution is 5.95. The molecule has 1 unspecified atom stereocenters. The summed E-state index contributed by atoms with van der Waals surface area (Å²) in [6.45, 7) is 6.32. The van der Waals surface area contributed by atoms with Crippen molar-refractivity contribution < 1.29 is 9.59 Å². The van der Waals surface area contributed by atoms with Crippen LogP contribution in [0.2, 0.25) is 0 Å². The van der Waals surface area contributed by atoms with Gasteiger partial charge in [0.15, 0.2) is 0 Å². The molecule has 2 amide bonds. The van der Waals surface area contributed by atoms with E-state index >= 15 is 0 Å². The van der Waals surface area contributed by atoms with Crippen molar-refractivity contribution in [3.05, 3.63) is 0 Å². The summed E-state index contributed by atoms with van der Waals surface area (Å²) >= 11 is 0. The summed E-state index contributed by atoms with van der Waals surface area (Å²) in [7, 11) is 0. The zero-order chi connectivity index (χ0) is 13.8. The first-order valence-electron chi connectivity index (χ1n) is 7.48. The van der Waals surface area contributed by atoms with Crippen LogP contribution in [-0.2, 0) is 9.59 Å². The van der Waals surface area contributed by atoms with Gasteiger partial charge in [-0.2, -0.15) is 0 Å². The van der Waals surface area contributed by atoms with Crippen LogP contribution in [0.1, 0.15) is 46.5 Å². The van der Waals surface area contributed by atoms with Crippen LogP contribution >= 0.6 is 0 Å². The molecule has 2 saturated carbocycles. The molecule has 0 aromatic rings. The van der Waals surface area contributed by atoms with Crippen LogP contribution < -0.4 is 5.32 Å². The van der Waals surface area contributed by atoms with Crippen molar-refractivity contribution in [3.8, 4) is 0 Å². The summed E-state index contributed by atoms with van der Waals surface area (Å²) in [4.78, 5) is 26.6. The van der Waals surface area contributed by atoms with E-state index in [1.807, 2.05) is 25.7 Å². The molecule has 0 aromatic heterocycles. The third-order valence-electron chi connectivity index (χ3n) is 4.59. The number of hydrogen-bond acceptors (Lipinski definition) is 2. The van der Waals surface area contributed by atoms with Crippen molar-refractivity contribution in [1.29, 1.82) is 0 Å². The molecular weight excluding hydrogens is 240 g/mol. The third-order valence-corrected chi connectivity index (χ3v) is 4.59. The molecule has 1 atom stereocenters. The Morgan fingerprint density at radius 3 is 2.05 bits per heavy atom. The lowest BCUT2D eigenvalue weighted by Crippen LogP contribution is -2.64. The van der Waals surface area contributed by atoms with E-state index in [0.717, 1.165) is 0 Å². The third kappa shape index (κ3) is 2.49. The summed E-state index contributed by atoms with van der Waals surface area (Å²) in [6, 6.07) is -0.0304. The van der Waals surface area contributed by atoms with Gasteiger partial charge in [0.05, 0.1) is 6.54 Å². The predicted molar refractivity (Wildman–Crippen MR) is 72.3 cm³/mol. The summed E-state index contributed by atoms with van der Waals surface area (Å²) in [6.07, 6.45) is 4.92. The van der Waals surface area contributed by atoms with Gasteiger partial charge in [-0.1, -0.05) is 20.8 Å². The van der Waals surface area contributed by atoms with Crippen molar-refractivity contribution in [2.75, 3.05) is 6.54 Å². The highest BCUT2D eigenvalue weighted by Crippen LogP contribution is 2.47. The predicted octanol–water partition coefficient (Wildman–Crippen LogP) is 1.55. The summed E-state index contributed by atoms with van der Waals surface area (Å²) < 4.78 is 0. The molecule has 1 aliphatic heterocycles. The van der Waals surface area contributed by atoms with Crippen molar-refractivity contribution in [2.45, 2.75) is 58.5 Å². The molecule has 0 aromatic carbocycles. The Morgan fingerprint density at radius 2 is 1.63 bits per heavy atom. The van der Waals surface area contributed by atoms with Crippen molar-refractivity contribution in [2.24, 2.45) is 17.3 Å². The van der Waals surface area contributed by atoms with Gasteiger partial charge in [-0.05, 0) is 42.9 Å². The van der Waals surface area contributed by atoms with Crippen LogP contribution in [0.15, 0.2) is 0 Å². The molecule has 0 radical (unpaired) electrons. The Labute approximate surface area is 114 Å². The number of carbonyl (C=O) groups is 2. The fourth-order valence-electron chi connectivity index (χ4n) is 3.28. The van der Waals surface area contributed by atoms with Gasteiger partial charge in [-0.25, -0.2) is 0 Å². The quantitative estimate of drug-likeness (QED) is 0.840. The van der Waals surface area contributed by atoms with Gasteiger partial charge in [0.2, 0.25) is 11.8 Å². The number of hydrogen-bond donors (Lipinski definition) is 1. The largest absolute Gasteiger partial charge is 0.342 e. The summed E-state index contributed by atoms with van der Waals surface area (Å²) in [5, 5.41) is 2.88. The normalized spacial score (nSPS) is 28.8. The lowest BCUT2D eigenvalue weighted by atomic mass is 9.84. The zero-order valence-corrected chi connectivity index (χ0v) is 12.1. The number of rotatable bonds is 3. The molecule has 4 nitrogen and oxygen atoms in total. The maximum absolute atomic E-state index is 12.7. The van der Waals surface area contributed by atoms with Crippen LogP contribution in [-0.4, -0.2) is 35.3 Å². The molecule has 3 fully saturated rings. The molecule has 4 heteroatoms. The molecule has 0 bridgehead atoms. The topological polar surface area (TPSA) is 49.4 Å². The average molecular weight is 264 g/mol. The van der Waals surface area contributed by atoms with Crippen LogP contribution in [0.5, 0.6) is 0 Å². The molecule has 1 heterocycles. The van der Waals surface area contributed by atoms with E-state index < -0.39 is 0 Å². The highest BCUT2D eigenvalue weighted by Gasteiger charge is 2.50. The Kier molecular flexibility index (Phi) is 2.88. The van der Waals surface area contributed by atoms with E-state index in [1.54, 1.807) is 0 Å². The van der Waals surface area contributed by atoms with E-state index in [4.69, 9.17) is 0 Å². The van der Waals surface area contributed by atoms with E-state index in [2.05, 4.69) is 5.32 Å². The van der Waals surface area contributed by atoms with Crippen molar-refractivity contribution in [1.82, 2.24) is 10.2 Å². The first-order chi connectivity index (χ1) is 8.88. The molecule has 106 valence electrons. The standard InChI is InChI=1S/C15H24N2O2/c1-15(2,3)13-14(19)17(8-11(18)16-13)12(9-4-5-9)10-6-7-10/h9-10,12-13H,4-8H2,1-3H3,(H,16,18). The lowest BCUT2D eigenvalue weighted by Gasteiger charge is -2.42. The van der Waals surface area contributed by atoms with Gasteiger partial charge in [-0.15, -0.1) is 0 Å². The first-order valence-corrected chi connectivity index (χ1v) is 7.48. The molecule has 1 saturated heterocycles. The molecule has 3 rings (SSSR count). The number of carbonyl (C=O) groups excluding carboxylic acids is 2. The lowest BCUT2D eigenvalue weighted by molar-refractivity contribution is -0.150. The second-order valence-corrected chi connectivity index (χ2v) is 7.50. The second-order valence-electron chi connectivity index (χ2n) is 7.50. The number of amides is 2. The van der Waals surface area contributed by atoms with Crippen molar-refractivity contribution >= 4 is 11.8 Å². The molecule has 3 aliphatic rings. The highest BCUT2D eigenvalue weighted by atomic mass is 16.2. The SMILES string of the molecule is CC(C)(C)C1NC(=O)CN(C(C2CC2)C2CC2)C1=O. The number of nitrogens with zero attached hydrogens (tertiary/aromatic N) is 1. The Balaban J connectivity index is 1.83. The zero-order valence-electron chi connectivity index (χ0n) is 12.1. The molecular formula is C15H24N2O2. The first kappa shape index (κ1) is 12.9. The van der Waals surface area contributed by atoms with E-state index in [-0.39, 0.29) is 29.8 Å². The van der Waals surface area contributed by atoms with E-state index in [0.29, 0.717) is 17.9 Å². The summed E-state index contributed by atoms with van der Waals surface area (Å²) in [5.74, 6) is 1.45. The Hall–Kier alpha value is -1.06. The van der Waals surface area contributed by atoms with Gasteiger partial charge in [0.25, 0.3) is 0 Å². The molecule has 19 heavy (non-hydrogen) atoms. The smallest absolute Gasteiger partial charge is 0.246 e. The van der Waals surface area contributed by atoms with Gasteiger partial charge in [-0.3, -0.25) is 9.59 Å².